The molecule has 6 atom stereocenters. The normalized spacial score (nSPS) is 23.5. The van der Waals surface area contributed by atoms with Crippen molar-refractivity contribution in [2.45, 2.75) is 111 Å². The highest BCUT2D eigenvalue weighted by atomic mass is 32.2. The third-order valence-corrected chi connectivity index (χ3v) is 11.7. The highest BCUT2D eigenvalue weighted by Crippen LogP contribution is 2.66. The molecule has 272 valence electrons. The summed E-state index contributed by atoms with van der Waals surface area (Å²) in [5, 5.41) is 11.1. The lowest BCUT2D eigenvalue weighted by Crippen LogP contribution is -2.62. The number of sulfonamides is 1. The van der Waals surface area contributed by atoms with Crippen LogP contribution in [-0.4, -0.2) is 104 Å². The van der Waals surface area contributed by atoms with Crippen molar-refractivity contribution in [2.24, 2.45) is 28.1 Å². The lowest BCUT2D eigenvalue weighted by atomic mass is 9.85. The number of nitrogens with zero attached hydrogens (tertiary/aromatic N) is 2. The predicted octanol–water partition coefficient (Wildman–Crippen LogP) is 2.18. The molecule has 0 aromatic heterocycles. The van der Waals surface area contributed by atoms with Crippen LogP contribution in [0.2, 0.25) is 0 Å². The molecule has 1 aliphatic heterocycles. The number of fused-ring (bicyclic) bond motifs is 2. The summed E-state index contributed by atoms with van der Waals surface area (Å²) >= 11 is 0. The van der Waals surface area contributed by atoms with E-state index in [2.05, 4.69) is 27.8 Å². The van der Waals surface area contributed by atoms with Crippen molar-refractivity contribution in [3.63, 3.8) is 0 Å². The Morgan fingerprint density at radius 3 is 2.12 bits per heavy atom. The number of likely N-dealkylation sites (N-methyl/N-ethyl adjacent to an activating group) is 1. The first-order valence-electron chi connectivity index (χ1n) is 17.1. The van der Waals surface area contributed by atoms with Gasteiger partial charge in [-0.15, -0.1) is 6.58 Å². The minimum atomic E-state index is -3.50. The molecule has 1 saturated heterocycles. The van der Waals surface area contributed by atoms with Crippen molar-refractivity contribution < 1.29 is 32.4 Å². The van der Waals surface area contributed by atoms with Gasteiger partial charge in [-0.3, -0.25) is 19.2 Å². The van der Waals surface area contributed by atoms with Crippen molar-refractivity contribution in [2.75, 3.05) is 32.9 Å². The van der Waals surface area contributed by atoms with Gasteiger partial charge in [0, 0.05) is 32.7 Å². The molecule has 2 saturated carbocycles. The average molecular weight is 695 g/mol. The van der Waals surface area contributed by atoms with Gasteiger partial charge in [0.05, 0.1) is 12.3 Å². The monoisotopic (exact) mass is 694 g/mol. The first-order chi connectivity index (χ1) is 22.1. The molecule has 0 aromatic carbocycles. The van der Waals surface area contributed by atoms with Crippen LogP contribution in [0.25, 0.3) is 0 Å². The molecule has 0 aromatic rings. The van der Waals surface area contributed by atoms with Crippen LogP contribution in [0.15, 0.2) is 12.7 Å². The minimum absolute atomic E-state index is 0.0347. The smallest absolute Gasteiger partial charge is 0.315 e. The fourth-order valence-electron chi connectivity index (χ4n) is 7.20. The second kappa shape index (κ2) is 14.9. The Hall–Kier alpha value is -3.00. The number of nitrogens with one attached hydrogen (secondary N) is 4. The van der Waals surface area contributed by atoms with Crippen molar-refractivity contribution >= 4 is 39.6 Å². The van der Waals surface area contributed by atoms with Crippen molar-refractivity contribution in [3.8, 4) is 0 Å². The standard InChI is InChI=1S/C34H58N6O7S/c1-11-13-23(26(41)29(43)35-18-12-2)36-28(42)25-21-14-15-34(16-17-34)22(21)19-40(25)30(44)27(33(6,7)8)38-31(45)37-24(32(3,4)5)20-39(9)48(10,46)47/h12,21-25,27H,2,11,13-20H2,1,3-10H3,(H,35,43)(H,36,42)(H2,37,38,45)/t21-,22-,23?,24+,25-,27+/m0/s1. The summed E-state index contributed by atoms with van der Waals surface area (Å²) in [6, 6.07) is -4.12. The Kier molecular flexibility index (Phi) is 12.2. The van der Waals surface area contributed by atoms with Gasteiger partial charge in [0.15, 0.2) is 0 Å². The quantitative estimate of drug-likeness (QED) is 0.159. The van der Waals surface area contributed by atoms with Crippen molar-refractivity contribution in [3.05, 3.63) is 12.7 Å². The van der Waals surface area contributed by atoms with Gasteiger partial charge in [-0.2, -0.15) is 0 Å². The molecule has 13 nitrogen and oxygen atoms in total. The van der Waals surface area contributed by atoms with Gasteiger partial charge in [0.2, 0.25) is 27.6 Å². The number of hydrogen-bond donors (Lipinski definition) is 4. The molecule has 48 heavy (non-hydrogen) atoms. The molecule has 1 unspecified atom stereocenters. The minimum Gasteiger partial charge on any atom is -0.346 e. The molecule has 0 radical (unpaired) electrons. The lowest BCUT2D eigenvalue weighted by Gasteiger charge is -2.38. The third-order valence-electron chi connectivity index (χ3n) is 10.4. The molecule has 4 N–H and O–H groups in total. The van der Waals surface area contributed by atoms with Gasteiger partial charge < -0.3 is 26.2 Å². The van der Waals surface area contributed by atoms with Gasteiger partial charge in [0.1, 0.15) is 12.1 Å². The maximum atomic E-state index is 14.5. The van der Waals surface area contributed by atoms with E-state index in [1.165, 1.54) is 17.4 Å². The number of urea groups is 1. The van der Waals surface area contributed by atoms with Gasteiger partial charge in [0.25, 0.3) is 5.91 Å². The molecule has 3 rings (SSSR count). The zero-order valence-corrected chi connectivity index (χ0v) is 31.1. The number of carbonyl (C=O) groups is 5. The largest absolute Gasteiger partial charge is 0.346 e. The van der Waals surface area contributed by atoms with E-state index in [1.54, 1.807) is 4.90 Å². The first-order valence-corrected chi connectivity index (χ1v) is 18.9. The molecule has 0 bridgehead atoms. The van der Waals surface area contributed by atoms with Crippen LogP contribution in [0.1, 0.15) is 87.0 Å². The summed E-state index contributed by atoms with van der Waals surface area (Å²) in [4.78, 5) is 69.4. The average Bonchev–Trinajstić information content (AvgIpc) is 3.54. The topological polar surface area (TPSA) is 174 Å². The number of likely N-dealkylation sites (tertiary alicyclic amines) is 1. The molecule has 1 heterocycles. The van der Waals surface area contributed by atoms with Crippen molar-refractivity contribution in [1.29, 1.82) is 0 Å². The highest BCUT2D eigenvalue weighted by molar-refractivity contribution is 7.88. The van der Waals surface area contributed by atoms with Gasteiger partial charge in [-0.1, -0.05) is 61.0 Å². The number of amides is 5. The highest BCUT2D eigenvalue weighted by Gasteiger charge is 2.64. The van der Waals surface area contributed by atoms with Crippen LogP contribution in [-0.2, 0) is 29.2 Å². The Bertz CT molecular complexity index is 1360. The number of hydrogen-bond acceptors (Lipinski definition) is 7. The van der Waals surface area contributed by atoms with Crippen LogP contribution in [0, 0.1) is 28.1 Å². The van der Waals surface area contributed by atoms with E-state index < -0.39 is 74.6 Å². The van der Waals surface area contributed by atoms with Crippen LogP contribution in [0.4, 0.5) is 4.79 Å². The summed E-state index contributed by atoms with van der Waals surface area (Å²) in [6.45, 7) is 17.1. The Morgan fingerprint density at radius 2 is 1.62 bits per heavy atom. The Morgan fingerprint density at radius 1 is 1.00 bits per heavy atom. The molecule has 2 aliphatic carbocycles. The molecule has 3 fully saturated rings. The fraction of sp³-hybridized carbons (Fsp3) is 0.794. The van der Waals surface area contributed by atoms with Crippen LogP contribution < -0.4 is 21.3 Å². The number of rotatable bonds is 14. The SMILES string of the molecule is C=CCNC(=O)C(=O)C(CCC)NC(=O)[C@@H]1[C@H]2CCC3(CC3)[C@H]2CN1C(=O)[C@@H](NC(=O)N[C@H](CN(C)S(C)(=O)=O)C(C)(C)C)C(C)(C)C. The van der Waals surface area contributed by atoms with E-state index in [4.69, 9.17) is 0 Å². The first kappa shape index (κ1) is 39.4. The summed E-state index contributed by atoms with van der Waals surface area (Å²) in [5.74, 6) is -2.39. The van der Waals surface area contributed by atoms with Crippen molar-refractivity contribution in [1.82, 2.24) is 30.5 Å². The molecule has 1 spiro atoms. The van der Waals surface area contributed by atoms with Crippen LogP contribution in [0.5, 0.6) is 0 Å². The third kappa shape index (κ3) is 9.16. The van der Waals surface area contributed by atoms with E-state index in [0.717, 1.165) is 31.9 Å². The molecular formula is C34H58N6O7S. The van der Waals surface area contributed by atoms with E-state index in [0.29, 0.717) is 13.0 Å². The maximum Gasteiger partial charge on any atom is 0.315 e. The number of ketones is 1. The van der Waals surface area contributed by atoms with Gasteiger partial charge >= 0.3 is 6.03 Å². The molecule has 14 heteroatoms. The summed E-state index contributed by atoms with van der Waals surface area (Å²) in [5.41, 5.74) is -1.16. The second-order valence-electron chi connectivity index (χ2n) is 16.2. The molecular weight excluding hydrogens is 636 g/mol. The summed E-state index contributed by atoms with van der Waals surface area (Å²) in [6.07, 6.45) is 7.22. The molecule has 3 aliphatic rings. The maximum absolute atomic E-state index is 14.5. The fourth-order valence-corrected chi connectivity index (χ4v) is 7.62. The van der Waals surface area contributed by atoms with E-state index in [9.17, 15) is 32.4 Å². The zero-order chi connectivity index (χ0) is 36.4. The predicted molar refractivity (Wildman–Crippen MR) is 184 cm³/mol. The summed E-state index contributed by atoms with van der Waals surface area (Å²) < 4.78 is 25.4. The van der Waals surface area contributed by atoms with Gasteiger partial charge in [-0.05, 0) is 60.2 Å². The zero-order valence-electron chi connectivity index (χ0n) is 30.3. The number of carbonyl (C=O) groups excluding carboxylic acids is 5. The second-order valence-corrected chi connectivity index (χ2v) is 18.3. The van der Waals surface area contributed by atoms with Crippen LogP contribution in [0.3, 0.4) is 0 Å². The Balaban J connectivity index is 1.88. The molecule has 5 amide bonds. The van der Waals surface area contributed by atoms with E-state index in [1.807, 2.05) is 48.5 Å². The van der Waals surface area contributed by atoms with Crippen LogP contribution >= 0.6 is 0 Å². The summed E-state index contributed by atoms with van der Waals surface area (Å²) in [7, 11) is -2.05. The van der Waals surface area contributed by atoms with Gasteiger partial charge in [-0.25, -0.2) is 17.5 Å². The lowest BCUT2D eigenvalue weighted by molar-refractivity contribution is -0.144. The van der Waals surface area contributed by atoms with E-state index in [-0.39, 0.29) is 36.8 Å². The number of Topliss-reactive ketones (excluding diaryl/α,β-unsaturated/α-hetero) is 1. The van der Waals surface area contributed by atoms with E-state index >= 15 is 0 Å². The Labute approximate surface area is 286 Å².